The summed E-state index contributed by atoms with van der Waals surface area (Å²) < 4.78 is 4.53. The molecule has 1 atom stereocenters. The third kappa shape index (κ3) is 12.3. The first-order valence-corrected chi connectivity index (χ1v) is 10.2. The highest BCUT2D eigenvalue weighted by Crippen LogP contribution is 2.18. The van der Waals surface area contributed by atoms with E-state index >= 15 is 0 Å². The summed E-state index contributed by atoms with van der Waals surface area (Å²) in [6.07, 6.45) is 3.37. The van der Waals surface area contributed by atoms with Gasteiger partial charge in [0.2, 0.25) is 5.91 Å². The number of nitrogens with one attached hydrogen (secondary N) is 1. The van der Waals surface area contributed by atoms with Crippen LogP contribution in [0, 0.1) is 0 Å². The van der Waals surface area contributed by atoms with E-state index in [1.165, 1.54) is 0 Å². The number of hydrogen-bond donors (Lipinski definition) is 7. The number of amides is 1. The second kappa shape index (κ2) is 17.3. The van der Waals surface area contributed by atoms with E-state index in [9.17, 15) is 9.59 Å². The molecule has 1 unspecified atom stereocenters. The van der Waals surface area contributed by atoms with Gasteiger partial charge in [-0.15, -0.1) is 0 Å². The summed E-state index contributed by atoms with van der Waals surface area (Å²) in [6, 6.07) is 9.40. The van der Waals surface area contributed by atoms with Gasteiger partial charge in [-0.1, -0.05) is 25.5 Å². The zero-order valence-corrected chi connectivity index (χ0v) is 18.5. The molecule has 1 amide bonds. The normalized spacial score (nSPS) is 10.5. The Morgan fingerprint density at radius 2 is 1.72 bits per heavy atom. The molecular weight excluding hydrogens is 412 g/mol. The van der Waals surface area contributed by atoms with Crippen molar-refractivity contribution in [3.05, 3.63) is 36.4 Å². The lowest BCUT2D eigenvalue weighted by molar-refractivity contribution is -0.120. The van der Waals surface area contributed by atoms with Crippen molar-refractivity contribution in [2.24, 2.45) is 17.2 Å². The average molecular weight is 449 g/mol. The van der Waals surface area contributed by atoms with Crippen molar-refractivity contribution in [2.75, 3.05) is 35.6 Å². The molecule has 1 aromatic heterocycles. The number of rotatable bonds is 9. The Hall–Kier alpha value is -3.41. The Labute approximate surface area is 188 Å². The molecule has 0 saturated heterocycles. The number of carbonyl (C=O) groups is 2. The van der Waals surface area contributed by atoms with Gasteiger partial charge >= 0.3 is 0 Å². The van der Waals surface area contributed by atoms with Crippen LogP contribution in [0.3, 0.4) is 0 Å². The van der Waals surface area contributed by atoms with E-state index in [0.29, 0.717) is 42.4 Å². The summed E-state index contributed by atoms with van der Waals surface area (Å²) in [7, 11) is 0. The number of nitrogen functional groups attached to an aromatic ring is 3. The van der Waals surface area contributed by atoms with Crippen molar-refractivity contribution >= 4 is 35.4 Å². The molecule has 178 valence electrons. The molecule has 1 aromatic carbocycles. The van der Waals surface area contributed by atoms with Crippen LogP contribution in [0.5, 0.6) is 5.75 Å². The van der Waals surface area contributed by atoms with E-state index in [0.717, 1.165) is 25.8 Å². The van der Waals surface area contributed by atoms with Crippen molar-refractivity contribution in [3.8, 4) is 5.75 Å². The number of para-hydroxylation sites is 2. The number of nitrogens with two attached hydrogens (primary N) is 6. The first-order valence-electron chi connectivity index (χ1n) is 10.2. The van der Waals surface area contributed by atoms with Gasteiger partial charge in [0.25, 0.3) is 6.47 Å². The molecule has 2 rings (SSSR count). The SMILES string of the molecule is CCCN.NCCCCC(N)C(=O)Nc1ccc(N)c(N)n1.Nc1ccccc1OC=O. The molecule has 13 N–H and O–H groups in total. The van der Waals surface area contributed by atoms with Crippen LogP contribution in [-0.2, 0) is 9.59 Å². The molecule has 0 radical (unpaired) electrons. The third-order valence-corrected chi connectivity index (χ3v) is 3.90. The van der Waals surface area contributed by atoms with Crippen LogP contribution in [0.25, 0.3) is 0 Å². The van der Waals surface area contributed by atoms with Crippen LogP contribution >= 0.6 is 0 Å². The number of unbranched alkanes of at least 4 members (excludes halogenated alkanes) is 1. The molecule has 2 aromatic rings. The molecule has 0 fully saturated rings. The van der Waals surface area contributed by atoms with Gasteiger partial charge in [-0.05, 0) is 56.6 Å². The molecule has 0 bridgehead atoms. The molecule has 1 heterocycles. The summed E-state index contributed by atoms with van der Waals surface area (Å²) in [4.78, 5) is 25.5. The standard InChI is InChI=1S/C11H20N6O.C7H7NO2.C3H9N/c12-6-2-1-3-8(14)11(18)17-9-5-4-7(13)10(15)16-9;8-6-3-1-2-4-7(6)10-5-9;1-2-3-4/h4-5,8H,1-3,6,12-14H2,(H3,15,16,17,18);1-5H,8H2;2-4H2,1H3. The van der Waals surface area contributed by atoms with Crippen LogP contribution in [0.2, 0.25) is 0 Å². The van der Waals surface area contributed by atoms with E-state index in [2.05, 4.69) is 22.0 Å². The van der Waals surface area contributed by atoms with Gasteiger partial charge in [-0.3, -0.25) is 9.59 Å². The van der Waals surface area contributed by atoms with Gasteiger partial charge in [0.05, 0.1) is 17.4 Å². The van der Waals surface area contributed by atoms with Gasteiger partial charge in [0, 0.05) is 0 Å². The van der Waals surface area contributed by atoms with E-state index in [4.69, 9.17) is 34.4 Å². The fourth-order valence-corrected chi connectivity index (χ4v) is 2.05. The zero-order chi connectivity index (χ0) is 24.4. The summed E-state index contributed by atoms with van der Waals surface area (Å²) in [5.74, 6) is 0.645. The van der Waals surface area contributed by atoms with Crippen LogP contribution in [0.1, 0.15) is 32.6 Å². The smallest absolute Gasteiger partial charge is 0.298 e. The van der Waals surface area contributed by atoms with E-state index < -0.39 is 6.04 Å². The zero-order valence-electron chi connectivity index (χ0n) is 18.5. The topological polar surface area (TPSA) is 224 Å². The molecule has 0 spiro atoms. The van der Waals surface area contributed by atoms with Crippen molar-refractivity contribution in [1.29, 1.82) is 0 Å². The van der Waals surface area contributed by atoms with Gasteiger partial charge in [-0.2, -0.15) is 0 Å². The Kier molecular flexibility index (Phi) is 15.4. The Balaban J connectivity index is 0.000000573. The predicted octanol–water partition coefficient (Wildman–Crippen LogP) is 0.800. The predicted molar refractivity (Wildman–Crippen MR) is 129 cm³/mol. The highest BCUT2D eigenvalue weighted by atomic mass is 16.5. The maximum absolute atomic E-state index is 11.7. The van der Waals surface area contributed by atoms with E-state index in [-0.39, 0.29) is 11.7 Å². The van der Waals surface area contributed by atoms with Gasteiger partial charge in [0.1, 0.15) is 11.6 Å². The number of ether oxygens (including phenoxy) is 1. The van der Waals surface area contributed by atoms with Crippen LogP contribution in [-0.4, -0.2) is 36.5 Å². The summed E-state index contributed by atoms with van der Waals surface area (Å²) in [6.45, 7) is 3.83. The fraction of sp³-hybridized carbons (Fsp3) is 0.381. The quantitative estimate of drug-likeness (QED) is 0.162. The number of hydrogen-bond acceptors (Lipinski definition) is 10. The first kappa shape index (κ1) is 28.6. The molecule has 32 heavy (non-hydrogen) atoms. The van der Waals surface area contributed by atoms with Crippen molar-refractivity contribution in [3.63, 3.8) is 0 Å². The highest BCUT2D eigenvalue weighted by molar-refractivity contribution is 5.94. The van der Waals surface area contributed by atoms with Crippen molar-refractivity contribution < 1.29 is 14.3 Å². The number of nitrogens with zero attached hydrogens (tertiary/aromatic N) is 1. The lowest BCUT2D eigenvalue weighted by Crippen LogP contribution is -2.35. The molecule has 0 aliphatic heterocycles. The van der Waals surface area contributed by atoms with Gasteiger partial charge < -0.3 is 44.5 Å². The Bertz CT molecular complexity index is 802. The number of carbonyl (C=O) groups excluding carboxylic acids is 2. The molecule has 11 nitrogen and oxygen atoms in total. The van der Waals surface area contributed by atoms with Crippen LogP contribution in [0.15, 0.2) is 36.4 Å². The maximum Gasteiger partial charge on any atom is 0.298 e. The molecule has 0 aliphatic rings. The lowest BCUT2D eigenvalue weighted by atomic mass is 10.1. The lowest BCUT2D eigenvalue weighted by Gasteiger charge is -2.12. The van der Waals surface area contributed by atoms with Crippen LogP contribution in [0.4, 0.5) is 23.0 Å². The summed E-state index contributed by atoms with van der Waals surface area (Å²) >= 11 is 0. The van der Waals surface area contributed by atoms with E-state index in [1.807, 2.05) is 0 Å². The Morgan fingerprint density at radius 1 is 1.06 bits per heavy atom. The van der Waals surface area contributed by atoms with E-state index in [1.54, 1.807) is 36.4 Å². The number of anilines is 4. The maximum atomic E-state index is 11.7. The largest absolute Gasteiger partial charge is 0.427 e. The molecule has 11 heteroatoms. The summed E-state index contributed by atoms with van der Waals surface area (Å²) in [5, 5.41) is 2.59. The Morgan fingerprint density at radius 3 is 2.25 bits per heavy atom. The van der Waals surface area contributed by atoms with Crippen molar-refractivity contribution in [2.45, 2.75) is 38.6 Å². The second-order valence-corrected chi connectivity index (χ2v) is 6.59. The highest BCUT2D eigenvalue weighted by Gasteiger charge is 2.13. The van der Waals surface area contributed by atoms with Gasteiger partial charge in [0.15, 0.2) is 5.75 Å². The molecule has 0 saturated carbocycles. The average Bonchev–Trinajstić information content (AvgIpc) is 2.78. The molecule has 0 aliphatic carbocycles. The minimum Gasteiger partial charge on any atom is -0.427 e. The van der Waals surface area contributed by atoms with Crippen molar-refractivity contribution in [1.82, 2.24) is 4.98 Å². The summed E-state index contributed by atoms with van der Waals surface area (Å²) in [5.41, 5.74) is 33.5. The minimum atomic E-state index is -0.572. The number of benzene rings is 1. The monoisotopic (exact) mass is 448 g/mol. The fourth-order valence-electron chi connectivity index (χ4n) is 2.05. The second-order valence-electron chi connectivity index (χ2n) is 6.59. The van der Waals surface area contributed by atoms with Gasteiger partial charge in [-0.25, -0.2) is 4.98 Å². The number of pyridine rings is 1. The minimum absolute atomic E-state index is 0.185. The molecular formula is C21H36N8O3. The van der Waals surface area contributed by atoms with Crippen LogP contribution < -0.4 is 44.5 Å². The first-order chi connectivity index (χ1) is 15.3. The third-order valence-electron chi connectivity index (χ3n) is 3.90. The number of aromatic nitrogens is 1.